The Morgan fingerprint density at radius 2 is 1.85 bits per heavy atom. The Morgan fingerprint density at radius 1 is 1.23 bits per heavy atom. The number of carbonyl (C=O) groups excluding carboxylic acids is 1. The first-order chi connectivity index (χ1) is 6.38. The molecule has 0 N–H and O–H groups in total. The van der Waals surface area contributed by atoms with Crippen molar-refractivity contribution in [2.24, 2.45) is 5.92 Å². The zero-order valence-electron chi connectivity index (χ0n) is 7.74. The van der Waals surface area contributed by atoms with Crippen molar-refractivity contribution in [3.8, 4) is 0 Å². The van der Waals surface area contributed by atoms with E-state index >= 15 is 0 Å². The molecule has 2 nitrogen and oxygen atoms in total. The number of rotatable bonds is 1. The van der Waals surface area contributed by atoms with Gasteiger partial charge in [-0.1, -0.05) is 12.2 Å². The maximum atomic E-state index is 11.9. The first-order valence-corrected chi connectivity index (χ1v) is 6.05. The van der Waals surface area contributed by atoms with Crippen molar-refractivity contribution in [1.82, 2.24) is 4.90 Å². The van der Waals surface area contributed by atoms with E-state index in [1.54, 1.807) is 0 Å². The van der Waals surface area contributed by atoms with E-state index < -0.39 is 0 Å². The minimum atomic E-state index is 0.267. The van der Waals surface area contributed by atoms with Crippen LogP contribution in [0.5, 0.6) is 0 Å². The molecule has 1 amide bonds. The number of nitrogens with zero attached hydrogens (tertiary/aromatic N) is 1. The summed E-state index contributed by atoms with van der Waals surface area (Å²) in [7, 11) is 0. The summed E-state index contributed by atoms with van der Waals surface area (Å²) in [4.78, 5) is 13.9. The summed E-state index contributed by atoms with van der Waals surface area (Å²) < 4.78 is 0. The van der Waals surface area contributed by atoms with E-state index in [1.165, 1.54) is 0 Å². The molecule has 1 heterocycles. The Labute approximate surface area is 83.4 Å². The Bertz CT molecular complexity index is 213. The highest BCUT2D eigenvalue weighted by atomic mass is 32.2. The van der Waals surface area contributed by atoms with Gasteiger partial charge in [0.15, 0.2) is 0 Å². The van der Waals surface area contributed by atoms with Crippen molar-refractivity contribution in [3.63, 3.8) is 0 Å². The number of hydrogen-bond acceptors (Lipinski definition) is 2. The molecule has 0 atom stereocenters. The van der Waals surface area contributed by atoms with Crippen LogP contribution in [0.4, 0.5) is 0 Å². The average Bonchev–Trinajstić information content (AvgIpc) is 2.71. The maximum absolute atomic E-state index is 11.9. The lowest BCUT2D eigenvalue weighted by Crippen LogP contribution is -2.40. The molecule has 1 aliphatic heterocycles. The van der Waals surface area contributed by atoms with Crippen LogP contribution in [0.2, 0.25) is 0 Å². The molecule has 2 rings (SSSR count). The molecular formula is C10H15NOS. The van der Waals surface area contributed by atoms with E-state index in [-0.39, 0.29) is 5.92 Å². The summed E-state index contributed by atoms with van der Waals surface area (Å²) in [6.45, 7) is 1.92. The zero-order valence-corrected chi connectivity index (χ0v) is 8.55. The quantitative estimate of drug-likeness (QED) is 0.594. The normalized spacial score (nSPS) is 23.8. The van der Waals surface area contributed by atoms with Gasteiger partial charge in [-0.15, -0.1) is 0 Å². The van der Waals surface area contributed by atoms with Gasteiger partial charge in [0.05, 0.1) is 0 Å². The van der Waals surface area contributed by atoms with E-state index in [0.29, 0.717) is 5.91 Å². The largest absolute Gasteiger partial charge is 0.341 e. The number of allylic oxidation sites excluding steroid dienone is 2. The predicted octanol–water partition coefficient (Wildman–Crippen LogP) is 1.53. The van der Waals surface area contributed by atoms with Gasteiger partial charge in [0.1, 0.15) is 0 Å². The fourth-order valence-electron chi connectivity index (χ4n) is 1.86. The highest BCUT2D eigenvalue weighted by molar-refractivity contribution is 7.99. The van der Waals surface area contributed by atoms with Crippen molar-refractivity contribution in [2.75, 3.05) is 24.6 Å². The van der Waals surface area contributed by atoms with E-state index in [0.717, 1.165) is 37.4 Å². The van der Waals surface area contributed by atoms with Crippen molar-refractivity contribution < 1.29 is 4.79 Å². The second kappa shape index (κ2) is 4.18. The summed E-state index contributed by atoms with van der Waals surface area (Å²) in [6, 6.07) is 0. The van der Waals surface area contributed by atoms with Crippen LogP contribution in [-0.2, 0) is 4.79 Å². The highest BCUT2D eigenvalue weighted by Crippen LogP contribution is 2.21. The van der Waals surface area contributed by atoms with Gasteiger partial charge in [-0.2, -0.15) is 11.8 Å². The maximum Gasteiger partial charge on any atom is 0.226 e. The van der Waals surface area contributed by atoms with Crippen LogP contribution in [-0.4, -0.2) is 35.4 Å². The molecule has 1 fully saturated rings. The van der Waals surface area contributed by atoms with Gasteiger partial charge in [0, 0.05) is 30.5 Å². The molecule has 0 spiro atoms. The summed E-state index contributed by atoms with van der Waals surface area (Å²) in [5.41, 5.74) is 0. The molecule has 0 saturated carbocycles. The van der Waals surface area contributed by atoms with Gasteiger partial charge >= 0.3 is 0 Å². The van der Waals surface area contributed by atoms with Gasteiger partial charge in [0.2, 0.25) is 5.91 Å². The van der Waals surface area contributed by atoms with Gasteiger partial charge in [0.25, 0.3) is 0 Å². The Hall–Kier alpha value is -0.440. The lowest BCUT2D eigenvalue weighted by atomic mass is 10.1. The van der Waals surface area contributed by atoms with Crippen molar-refractivity contribution in [3.05, 3.63) is 12.2 Å². The molecular weight excluding hydrogens is 182 g/mol. The van der Waals surface area contributed by atoms with Gasteiger partial charge < -0.3 is 4.90 Å². The second-order valence-corrected chi connectivity index (χ2v) is 4.80. The molecule has 0 aromatic heterocycles. The molecule has 0 aromatic carbocycles. The van der Waals surface area contributed by atoms with Gasteiger partial charge in [-0.3, -0.25) is 4.79 Å². The van der Waals surface area contributed by atoms with E-state index in [4.69, 9.17) is 0 Å². The second-order valence-electron chi connectivity index (χ2n) is 3.58. The van der Waals surface area contributed by atoms with Crippen molar-refractivity contribution >= 4 is 17.7 Å². The third-order valence-corrected chi connectivity index (χ3v) is 3.62. The zero-order chi connectivity index (χ0) is 9.10. The first kappa shape index (κ1) is 9.13. The van der Waals surface area contributed by atoms with Gasteiger partial charge in [-0.25, -0.2) is 0 Å². The highest BCUT2D eigenvalue weighted by Gasteiger charge is 2.25. The molecule has 0 unspecified atom stereocenters. The molecule has 3 heteroatoms. The lowest BCUT2D eigenvalue weighted by Gasteiger charge is -2.28. The molecule has 1 saturated heterocycles. The number of carbonyl (C=O) groups is 1. The van der Waals surface area contributed by atoms with Crippen molar-refractivity contribution in [1.29, 1.82) is 0 Å². The topological polar surface area (TPSA) is 20.3 Å². The lowest BCUT2D eigenvalue weighted by molar-refractivity contribution is -0.134. The first-order valence-electron chi connectivity index (χ1n) is 4.89. The smallest absolute Gasteiger partial charge is 0.226 e. The predicted molar refractivity (Wildman–Crippen MR) is 55.8 cm³/mol. The molecule has 1 aliphatic carbocycles. The molecule has 13 heavy (non-hydrogen) atoms. The monoisotopic (exact) mass is 197 g/mol. The Morgan fingerprint density at radius 3 is 2.46 bits per heavy atom. The molecule has 2 aliphatic rings. The summed E-state index contributed by atoms with van der Waals surface area (Å²) in [5, 5.41) is 0. The van der Waals surface area contributed by atoms with Gasteiger partial charge in [-0.05, 0) is 12.8 Å². The third-order valence-electron chi connectivity index (χ3n) is 2.68. The van der Waals surface area contributed by atoms with E-state index in [1.807, 2.05) is 16.7 Å². The average molecular weight is 197 g/mol. The summed E-state index contributed by atoms with van der Waals surface area (Å²) >= 11 is 1.95. The van der Waals surface area contributed by atoms with Crippen LogP contribution in [0.15, 0.2) is 12.2 Å². The minimum absolute atomic E-state index is 0.267. The van der Waals surface area contributed by atoms with E-state index in [9.17, 15) is 4.79 Å². The third kappa shape index (κ3) is 2.08. The molecule has 0 bridgehead atoms. The van der Waals surface area contributed by atoms with Crippen LogP contribution >= 0.6 is 11.8 Å². The van der Waals surface area contributed by atoms with E-state index in [2.05, 4.69) is 12.2 Å². The molecule has 0 radical (unpaired) electrons. The van der Waals surface area contributed by atoms with Crippen LogP contribution < -0.4 is 0 Å². The van der Waals surface area contributed by atoms with Crippen LogP contribution in [0.25, 0.3) is 0 Å². The van der Waals surface area contributed by atoms with Crippen LogP contribution in [0.1, 0.15) is 12.8 Å². The van der Waals surface area contributed by atoms with Crippen LogP contribution in [0, 0.1) is 5.92 Å². The fourth-order valence-corrected chi connectivity index (χ4v) is 2.76. The minimum Gasteiger partial charge on any atom is -0.341 e. The van der Waals surface area contributed by atoms with Crippen molar-refractivity contribution in [2.45, 2.75) is 12.8 Å². The number of amides is 1. The summed E-state index contributed by atoms with van der Waals surface area (Å²) in [6.07, 6.45) is 6.17. The summed E-state index contributed by atoms with van der Waals surface area (Å²) in [5.74, 6) is 2.88. The molecule has 72 valence electrons. The SMILES string of the molecule is O=C(C1CC=CC1)N1CCSCC1. The Balaban J connectivity index is 1.88. The fraction of sp³-hybridized carbons (Fsp3) is 0.700. The van der Waals surface area contributed by atoms with Crippen LogP contribution in [0.3, 0.4) is 0 Å². The number of thioether (sulfide) groups is 1. The molecule has 0 aromatic rings. The number of hydrogen-bond donors (Lipinski definition) is 0. The Kier molecular flexibility index (Phi) is 2.94. The standard InChI is InChI=1S/C10H15NOS/c12-10(9-3-1-2-4-9)11-5-7-13-8-6-11/h1-2,9H,3-8H2.